The van der Waals surface area contributed by atoms with Gasteiger partial charge >= 0.3 is 0 Å². The lowest BCUT2D eigenvalue weighted by Gasteiger charge is -2.14. The molecule has 1 saturated carbocycles. The molecule has 0 aliphatic heterocycles. The number of hydrogen-bond acceptors (Lipinski definition) is 4. The van der Waals surface area contributed by atoms with Crippen molar-refractivity contribution >= 4 is 34.5 Å². The highest BCUT2D eigenvalue weighted by Gasteiger charge is 2.22. The Hall–Kier alpha value is -2.64. The van der Waals surface area contributed by atoms with Crippen LogP contribution in [-0.2, 0) is 4.84 Å². The first-order valence-corrected chi connectivity index (χ1v) is 8.59. The maximum atomic E-state index is 14.1. The van der Waals surface area contributed by atoms with Crippen molar-refractivity contribution in [2.75, 3.05) is 11.9 Å². The van der Waals surface area contributed by atoms with E-state index in [0.29, 0.717) is 34.4 Å². The van der Waals surface area contributed by atoms with Crippen LogP contribution < -0.4 is 10.8 Å². The maximum absolute atomic E-state index is 14.1. The summed E-state index contributed by atoms with van der Waals surface area (Å²) in [7, 11) is 0. The maximum Gasteiger partial charge on any atom is 0.278 e. The van der Waals surface area contributed by atoms with Crippen molar-refractivity contribution in [3.8, 4) is 0 Å². The van der Waals surface area contributed by atoms with Gasteiger partial charge in [-0.1, -0.05) is 11.6 Å². The first-order valence-electron chi connectivity index (χ1n) is 8.21. The molecule has 6 nitrogen and oxygen atoms in total. The van der Waals surface area contributed by atoms with E-state index in [1.807, 2.05) is 0 Å². The zero-order valence-corrected chi connectivity index (χ0v) is 14.5. The Kier molecular flexibility index (Phi) is 4.48. The lowest BCUT2D eigenvalue weighted by Crippen LogP contribution is -2.26. The summed E-state index contributed by atoms with van der Waals surface area (Å²) in [5.74, 6) is -0.414. The van der Waals surface area contributed by atoms with Gasteiger partial charge in [-0.3, -0.25) is 9.63 Å². The third-order valence-electron chi connectivity index (χ3n) is 4.16. The summed E-state index contributed by atoms with van der Waals surface area (Å²) in [4.78, 5) is 22.0. The van der Waals surface area contributed by atoms with Gasteiger partial charge in [-0.05, 0) is 37.0 Å². The molecule has 4 rings (SSSR count). The van der Waals surface area contributed by atoms with Crippen LogP contribution in [-0.4, -0.2) is 21.9 Å². The van der Waals surface area contributed by atoms with Crippen LogP contribution in [0.5, 0.6) is 0 Å². The van der Waals surface area contributed by atoms with E-state index in [-0.39, 0.29) is 5.69 Å². The molecule has 1 aliphatic carbocycles. The van der Waals surface area contributed by atoms with Crippen molar-refractivity contribution in [3.05, 3.63) is 59.3 Å². The van der Waals surface area contributed by atoms with E-state index in [2.05, 4.69) is 15.8 Å². The van der Waals surface area contributed by atoms with Gasteiger partial charge in [0, 0.05) is 29.7 Å². The minimum atomic E-state index is -0.517. The second kappa shape index (κ2) is 6.93. The number of hydroxylamine groups is 1. The average molecular weight is 375 g/mol. The van der Waals surface area contributed by atoms with E-state index < -0.39 is 11.7 Å². The van der Waals surface area contributed by atoms with Gasteiger partial charge < -0.3 is 9.72 Å². The van der Waals surface area contributed by atoms with E-state index in [1.54, 1.807) is 35.1 Å². The van der Waals surface area contributed by atoms with Crippen molar-refractivity contribution < 1.29 is 14.0 Å². The molecule has 2 aromatic heterocycles. The van der Waals surface area contributed by atoms with Gasteiger partial charge in [-0.2, -0.15) is 0 Å². The Bertz CT molecular complexity index is 971. The number of nitrogens with one attached hydrogen (secondary N) is 2. The lowest BCUT2D eigenvalue weighted by atomic mass is 10.2. The molecule has 0 unspecified atom stereocenters. The van der Waals surface area contributed by atoms with Crippen LogP contribution in [0.2, 0.25) is 5.02 Å². The van der Waals surface area contributed by atoms with Gasteiger partial charge in [0.2, 0.25) is 0 Å². The number of rotatable bonds is 6. The number of amides is 1. The topological polar surface area (TPSA) is 67.7 Å². The predicted octanol–water partition coefficient (Wildman–Crippen LogP) is 3.94. The molecule has 1 amide bonds. The number of hydrogen-bond donors (Lipinski definition) is 2. The molecule has 2 heterocycles. The Morgan fingerprint density at radius 1 is 1.35 bits per heavy atom. The minimum Gasteiger partial charge on any atom is -0.352 e. The SMILES string of the molecule is O=C(NOCC1CC1)c1cn2ccnc2cc1Nc1ccc(Cl)cc1F. The molecule has 0 saturated heterocycles. The van der Waals surface area contributed by atoms with E-state index in [9.17, 15) is 9.18 Å². The zero-order valence-electron chi connectivity index (χ0n) is 13.7. The van der Waals surface area contributed by atoms with Gasteiger partial charge in [0.25, 0.3) is 5.91 Å². The van der Waals surface area contributed by atoms with Crippen LogP contribution in [0.1, 0.15) is 23.2 Å². The second-order valence-corrected chi connectivity index (χ2v) is 6.66. The molecule has 3 aromatic rings. The van der Waals surface area contributed by atoms with Gasteiger partial charge in [0.1, 0.15) is 11.5 Å². The van der Waals surface area contributed by atoms with Gasteiger partial charge in [0.05, 0.1) is 23.5 Å². The monoisotopic (exact) mass is 374 g/mol. The molecule has 0 atom stereocenters. The summed E-state index contributed by atoms with van der Waals surface area (Å²) in [6, 6.07) is 5.96. The summed E-state index contributed by atoms with van der Waals surface area (Å²) in [6.07, 6.45) is 7.21. The summed E-state index contributed by atoms with van der Waals surface area (Å²) in [5, 5.41) is 3.23. The van der Waals surface area contributed by atoms with Crippen LogP contribution in [0.15, 0.2) is 42.9 Å². The Morgan fingerprint density at radius 3 is 2.96 bits per heavy atom. The molecule has 26 heavy (non-hydrogen) atoms. The van der Waals surface area contributed by atoms with E-state index in [0.717, 1.165) is 12.8 Å². The number of fused-ring (bicyclic) bond motifs is 1. The van der Waals surface area contributed by atoms with Crippen molar-refractivity contribution in [2.24, 2.45) is 5.92 Å². The summed E-state index contributed by atoms with van der Waals surface area (Å²) in [5.41, 5.74) is 4.00. The van der Waals surface area contributed by atoms with Gasteiger partial charge in [-0.25, -0.2) is 14.9 Å². The largest absolute Gasteiger partial charge is 0.352 e. The minimum absolute atomic E-state index is 0.207. The van der Waals surface area contributed by atoms with Crippen LogP contribution in [0, 0.1) is 11.7 Å². The lowest BCUT2D eigenvalue weighted by molar-refractivity contribution is 0.0270. The molecular formula is C18H16ClFN4O2. The number of imidazole rings is 1. The fourth-order valence-corrected chi connectivity index (χ4v) is 2.70. The zero-order chi connectivity index (χ0) is 18.1. The van der Waals surface area contributed by atoms with Crippen LogP contribution in [0.25, 0.3) is 5.65 Å². The van der Waals surface area contributed by atoms with Crippen LogP contribution >= 0.6 is 11.6 Å². The molecule has 0 bridgehead atoms. The molecule has 1 aliphatic rings. The molecule has 8 heteroatoms. The highest BCUT2D eigenvalue weighted by Crippen LogP contribution is 2.29. The molecule has 1 aromatic carbocycles. The van der Waals surface area contributed by atoms with Crippen molar-refractivity contribution in [1.82, 2.24) is 14.9 Å². The quantitative estimate of drug-likeness (QED) is 0.641. The van der Waals surface area contributed by atoms with E-state index in [4.69, 9.17) is 16.4 Å². The number of aromatic nitrogens is 2. The van der Waals surface area contributed by atoms with E-state index >= 15 is 0 Å². The second-order valence-electron chi connectivity index (χ2n) is 6.23. The van der Waals surface area contributed by atoms with Gasteiger partial charge in [-0.15, -0.1) is 0 Å². The Morgan fingerprint density at radius 2 is 2.19 bits per heavy atom. The number of pyridine rings is 1. The average Bonchev–Trinajstić information content (AvgIpc) is 3.32. The predicted molar refractivity (Wildman–Crippen MR) is 96.0 cm³/mol. The number of benzene rings is 1. The van der Waals surface area contributed by atoms with Gasteiger partial charge in [0.15, 0.2) is 0 Å². The fraction of sp³-hybridized carbons (Fsp3) is 0.222. The normalized spacial score (nSPS) is 13.8. The highest BCUT2D eigenvalue weighted by molar-refractivity contribution is 6.30. The fourth-order valence-electron chi connectivity index (χ4n) is 2.55. The van der Waals surface area contributed by atoms with E-state index in [1.165, 1.54) is 12.1 Å². The smallest absolute Gasteiger partial charge is 0.278 e. The molecule has 0 radical (unpaired) electrons. The molecule has 134 valence electrons. The summed E-state index contributed by atoms with van der Waals surface area (Å²) < 4.78 is 15.8. The number of nitrogens with zero attached hydrogens (tertiary/aromatic N) is 2. The van der Waals surface area contributed by atoms with Crippen molar-refractivity contribution in [1.29, 1.82) is 0 Å². The van der Waals surface area contributed by atoms with Crippen LogP contribution in [0.3, 0.4) is 0 Å². The standard InChI is InChI=1S/C18H16ClFN4O2/c19-12-3-4-15(14(20)7-12)22-16-8-17-21-5-6-24(17)9-13(16)18(25)23-26-10-11-1-2-11/h3-9,11,22H,1-2,10H2,(H,23,25). The number of anilines is 2. The summed E-state index contributed by atoms with van der Waals surface area (Å²) in [6.45, 7) is 0.494. The van der Waals surface area contributed by atoms with Crippen molar-refractivity contribution in [3.63, 3.8) is 0 Å². The third kappa shape index (κ3) is 3.63. The van der Waals surface area contributed by atoms with Crippen LogP contribution in [0.4, 0.5) is 15.8 Å². The Balaban J connectivity index is 1.63. The first-order chi connectivity index (χ1) is 12.6. The molecule has 0 spiro atoms. The van der Waals surface area contributed by atoms with Crippen molar-refractivity contribution in [2.45, 2.75) is 12.8 Å². The third-order valence-corrected chi connectivity index (χ3v) is 4.39. The first kappa shape index (κ1) is 16.8. The Labute approximate surface area is 153 Å². The highest BCUT2D eigenvalue weighted by atomic mass is 35.5. The molecule has 1 fully saturated rings. The molecule has 2 N–H and O–H groups in total. The number of halogens is 2. The number of carbonyl (C=O) groups excluding carboxylic acids is 1. The number of carbonyl (C=O) groups is 1. The summed E-state index contributed by atoms with van der Waals surface area (Å²) >= 11 is 5.79. The molecular weight excluding hydrogens is 359 g/mol.